The molecule has 1 aromatic carbocycles. The number of nitrogens with two attached hydrogens (primary N) is 1. The highest BCUT2D eigenvalue weighted by molar-refractivity contribution is 5.92. The Morgan fingerprint density at radius 3 is 2.56 bits per heavy atom. The molecular formula is C19H24N4O2. The molecule has 2 aromatic rings. The molecule has 1 aliphatic rings. The number of hydrogen-bond donors (Lipinski definition) is 2. The fourth-order valence-corrected chi connectivity index (χ4v) is 3.50. The van der Waals surface area contributed by atoms with Crippen LogP contribution in [-0.4, -0.2) is 27.6 Å². The van der Waals surface area contributed by atoms with Crippen LogP contribution in [0, 0.1) is 5.92 Å². The lowest BCUT2D eigenvalue weighted by atomic mass is 9.82. The highest BCUT2D eigenvalue weighted by Gasteiger charge is 2.27. The molecule has 0 spiro atoms. The lowest BCUT2D eigenvalue weighted by Crippen LogP contribution is -2.43. The van der Waals surface area contributed by atoms with E-state index in [1.807, 2.05) is 30.3 Å². The summed E-state index contributed by atoms with van der Waals surface area (Å²) in [6.07, 6.45) is 7.48. The number of carbonyl (C=O) groups is 2. The normalized spacial score (nSPS) is 16.3. The van der Waals surface area contributed by atoms with Gasteiger partial charge in [-0.2, -0.15) is 5.10 Å². The summed E-state index contributed by atoms with van der Waals surface area (Å²) < 4.78 is 1.67. The summed E-state index contributed by atoms with van der Waals surface area (Å²) in [5.41, 5.74) is 6.62. The zero-order chi connectivity index (χ0) is 17.6. The van der Waals surface area contributed by atoms with Crippen molar-refractivity contribution < 1.29 is 9.59 Å². The molecule has 25 heavy (non-hydrogen) atoms. The zero-order valence-corrected chi connectivity index (χ0v) is 14.2. The summed E-state index contributed by atoms with van der Waals surface area (Å²) in [6, 6.07) is 11.1. The van der Waals surface area contributed by atoms with Crippen LogP contribution < -0.4 is 11.1 Å². The lowest BCUT2D eigenvalue weighted by molar-refractivity contribution is -0.118. The molecular weight excluding hydrogens is 316 g/mol. The van der Waals surface area contributed by atoms with E-state index in [1.54, 1.807) is 16.9 Å². The van der Waals surface area contributed by atoms with E-state index in [0.717, 1.165) is 31.4 Å². The van der Waals surface area contributed by atoms with Gasteiger partial charge >= 0.3 is 0 Å². The van der Waals surface area contributed by atoms with Crippen molar-refractivity contribution in [3.05, 3.63) is 48.3 Å². The number of nitrogens with one attached hydrogen (secondary N) is 1. The molecule has 132 valence electrons. The summed E-state index contributed by atoms with van der Waals surface area (Å²) >= 11 is 0. The largest absolute Gasteiger partial charge is 0.370 e. The van der Waals surface area contributed by atoms with Gasteiger partial charge in [0.2, 0.25) is 5.91 Å². The maximum atomic E-state index is 12.6. The Morgan fingerprint density at radius 1 is 1.16 bits per heavy atom. The molecule has 0 unspecified atom stereocenters. The van der Waals surface area contributed by atoms with Crippen LogP contribution >= 0.6 is 0 Å². The second kappa shape index (κ2) is 7.96. The topological polar surface area (TPSA) is 90.0 Å². The molecule has 0 aliphatic heterocycles. The number of primary amides is 1. The molecule has 6 heteroatoms. The molecule has 3 N–H and O–H groups in total. The Hall–Kier alpha value is -2.63. The summed E-state index contributed by atoms with van der Waals surface area (Å²) in [7, 11) is 0. The van der Waals surface area contributed by atoms with E-state index in [-0.39, 0.29) is 24.3 Å². The first-order valence-electron chi connectivity index (χ1n) is 8.84. The molecule has 2 amide bonds. The van der Waals surface area contributed by atoms with Crippen LogP contribution in [0.15, 0.2) is 42.6 Å². The third-order valence-electron chi connectivity index (χ3n) is 4.80. The Balaban J connectivity index is 1.70. The van der Waals surface area contributed by atoms with Crippen LogP contribution in [0.1, 0.15) is 49.0 Å². The van der Waals surface area contributed by atoms with E-state index in [4.69, 9.17) is 5.73 Å². The maximum absolute atomic E-state index is 12.6. The van der Waals surface area contributed by atoms with Gasteiger partial charge in [-0.1, -0.05) is 37.5 Å². The summed E-state index contributed by atoms with van der Waals surface area (Å²) in [5, 5.41) is 7.33. The van der Waals surface area contributed by atoms with Gasteiger partial charge in [0.05, 0.1) is 5.69 Å². The van der Waals surface area contributed by atoms with Gasteiger partial charge in [0.25, 0.3) is 5.91 Å². The Labute approximate surface area is 147 Å². The van der Waals surface area contributed by atoms with Gasteiger partial charge in [-0.25, -0.2) is 4.68 Å². The molecule has 1 fully saturated rings. The molecule has 1 saturated carbocycles. The van der Waals surface area contributed by atoms with Crippen molar-refractivity contribution in [1.82, 2.24) is 15.1 Å². The van der Waals surface area contributed by atoms with Crippen molar-refractivity contribution in [2.24, 2.45) is 11.7 Å². The fourth-order valence-electron chi connectivity index (χ4n) is 3.50. The van der Waals surface area contributed by atoms with Gasteiger partial charge < -0.3 is 11.1 Å². The van der Waals surface area contributed by atoms with Crippen molar-refractivity contribution in [3.8, 4) is 5.69 Å². The first-order valence-corrected chi connectivity index (χ1v) is 8.84. The summed E-state index contributed by atoms with van der Waals surface area (Å²) in [6.45, 7) is 0. The van der Waals surface area contributed by atoms with Crippen molar-refractivity contribution in [2.75, 3.05) is 0 Å². The monoisotopic (exact) mass is 340 g/mol. The minimum Gasteiger partial charge on any atom is -0.370 e. The standard InChI is InChI=1S/C19H24N4O2/c20-18(24)13-17(14-7-3-1-4-8-14)21-19(25)16-11-12-23(22-16)15-9-5-2-6-10-15/h2,5-6,9-12,14,17H,1,3-4,7-8,13H2,(H2,20,24)(H,21,25)/t17-/m0/s1. The zero-order valence-electron chi connectivity index (χ0n) is 14.2. The van der Waals surface area contributed by atoms with Gasteiger partial charge in [0, 0.05) is 18.7 Å². The van der Waals surface area contributed by atoms with Crippen LogP contribution in [0.3, 0.4) is 0 Å². The molecule has 3 rings (SSSR count). The van der Waals surface area contributed by atoms with Crippen molar-refractivity contribution >= 4 is 11.8 Å². The van der Waals surface area contributed by atoms with Gasteiger partial charge in [-0.05, 0) is 37.0 Å². The Morgan fingerprint density at radius 2 is 1.88 bits per heavy atom. The van der Waals surface area contributed by atoms with Crippen LogP contribution in [-0.2, 0) is 4.79 Å². The van der Waals surface area contributed by atoms with Crippen molar-refractivity contribution in [3.63, 3.8) is 0 Å². The van der Waals surface area contributed by atoms with Crippen molar-refractivity contribution in [1.29, 1.82) is 0 Å². The van der Waals surface area contributed by atoms with Crippen LogP contribution in [0.5, 0.6) is 0 Å². The van der Waals surface area contributed by atoms with Gasteiger partial charge in [0.15, 0.2) is 5.69 Å². The van der Waals surface area contributed by atoms with Gasteiger partial charge in [-0.3, -0.25) is 9.59 Å². The third kappa shape index (κ3) is 4.47. The van der Waals surface area contributed by atoms with E-state index < -0.39 is 0 Å². The predicted octanol–water partition coefficient (Wildman–Crippen LogP) is 2.43. The molecule has 1 atom stereocenters. The number of aromatic nitrogens is 2. The Bertz CT molecular complexity index is 720. The van der Waals surface area contributed by atoms with E-state index >= 15 is 0 Å². The van der Waals surface area contributed by atoms with Gasteiger partial charge in [0.1, 0.15) is 0 Å². The van der Waals surface area contributed by atoms with Crippen LogP contribution in [0.4, 0.5) is 0 Å². The number of nitrogens with zero attached hydrogens (tertiary/aromatic N) is 2. The number of benzene rings is 1. The second-order valence-corrected chi connectivity index (χ2v) is 6.63. The van der Waals surface area contributed by atoms with E-state index in [2.05, 4.69) is 10.4 Å². The molecule has 6 nitrogen and oxygen atoms in total. The Kier molecular flexibility index (Phi) is 5.48. The summed E-state index contributed by atoms with van der Waals surface area (Å²) in [5.74, 6) is -0.335. The third-order valence-corrected chi connectivity index (χ3v) is 4.80. The highest BCUT2D eigenvalue weighted by Crippen LogP contribution is 2.28. The molecule has 1 aromatic heterocycles. The van der Waals surface area contributed by atoms with Crippen molar-refractivity contribution in [2.45, 2.75) is 44.6 Å². The number of para-hydroxylation sites is 1. The fraction of sp³-hybridized carbons (Fsp3) is 0.421. The minimum atomic E-state index is -0.384. The average molecular weight is 340 g/mol. The van der Waals surface area contributed by atoms with E-state index in [1.165, 1.54) is 6.42 Å². The SMILES string of the molecule is NC(=O)C[C@H](NC(=O)c1ccn(-c2ccccc2)n1)C1CCCCC1. The van der Waals surface area contributed by atoms with Gasteiger partial charge in [-0.15, -0.1) is 0 Å². The smallest absolute Gasteiger partial charge is 0.272 e. The molecule has 0 saturated heterocycles. The number of hydrogen-bond acceptors (Lipinski definition) is 3. The summed E-state index contributed by atoms with van der Waals surface area (Å²) in [4.78, 5) is 24.0. The van der Waals surface area contributed by atoms with E-state index in [0.29, 0.717) is 11.6 Å². The number of rotatable bonds is 6. The first-order chi connectivity index (χ1) is 12.1. The molecule has 1 heterocycles. The predicted molar refractivity (Wildman–Crippen MR) is 95.2 cm³/mol. The maximum Gasteiger partial charge on any atom is 0.272 e. The van der Waals surface area contributed by atoms with Crippen LogP contribution in [0.2, 0.25) is 0 Å². The molecule has 1 aliphatic carbocycles. The first kappa shape index (κ1) is 17.2. The highest BCUT2D eigenvalue weighted by atomic mass is 16.2. The minimum absolute atomic E-state index is 0.176. The lowest BCUT2D eigenvalue weighted by Gasteiger charge is -2.30. The average Bonchev–Trinajstić information content (AvgIpc) is 3.12. The number of amides is 2. The quantitative estimate of drug-likeness (QED) is 0.846. The molecule has 0 bridgehead atoms. The second-order valence-electron chi connectivity index (χ2n) is 6.63. The van der Waals surface area contributed by atoms with E-state index in [9.17, 15) is 9.59 Å². The molecule has 0 radical (unpaired) electrons. The van der Waals surface area contributed by atoms with Crippen LogP contribution in [0.25, 0.3) is 5.69 Å². The number of carbonyl (C=O) groups excluding carboxylic acids is 2.